The summed E-state index contributed by atoms with van der Waals surface area (Å²) in [6.45, 7) is 2.11. The smallest absolute Gasteiger partial charge is 0.225 e. The second-order valence-corrected chi connectivity index (χ2v) is 6.06. The maximum atomic E-state index is 12.5. The number of benzene rings is 2. The Bertz CT molecular complexity index is 627. The van der Waals surface area contributed by atoms with Gasteiger partial charge in [-0.15, -0.1) is 0 Å². The molecule has 1 fully saturated rings. The number of carbonyl (C=O) groups is 1. The Morgan fingerprint density at radius 3 is 2.55 bits per heavy atom. The van der Waals surface area contributed by atoms with Crippen LogP contribution < -0.4 is 10.6 Å². The van der Waals surface area contributed by atoms with E-state index in [1.807, 2.05) is 54.6 Å². The highest BCUT2D eigenvalue weighted by Crippen LogP contribution is 2.29. The van der Waals surface area contributed by atoms with Gasteiger partial charge in [-0.3, -0.25) is 4.79 Å². The van der Waals surface area contributed by atoms with E-state index in [2.05, 4.69) is 10.6 Å². The molecule has 2 N–H and O–H groups in total. The zero-order valence-corrected chi connectivity index (χ0v) is 13.0. The fourth-order valence-corrected chi connectivity index (χ4v) is 3.06. The van der Waals surface area contributed by atoms with Crippen molar-refractivity contribution in [1.82, 2.24) is 10.6 Å². The third-order valence-corrected chi connectivity index (χ3v) is 4.41. The standard InChI is InChI=1S/C18H19ClN2O/c19-15-8-6-14(7-9-15)16-11-20-12-17(16)18(22)21-10-13-4-2-1-3-5-13/h1-9,16-17,20H,10-12H2,(H,21,22). The van der Waals surface area contributed by atoms with E-state index in [4.69, 9.17) is 11.6 Å². The van der Waals surface area contributed by atoms with Crippen molar-refractivity contribution in [1.29, 1.82) is 0 Å². The molecule has 0 aliphatic carbocycles. The third-order valence-electron chi connectivity index (χ3n) is 4.16. The van der Waals surface area contributed by atoms with E-state index in [0.717, 1.165) is 22.7 Å². The molecule has 3 rings (SSSR count). The molecule has 1 heterocycles. The van der Waals surface area contributed by atoms with Gasteiger partial charge in [0.1, 0.15) is 0 Å². The van der Waals surface area contributed by atoms with Crippen molar-refractivity contribution in [3.05, 3.63) is 70.7 Å². The van der Waals surface area contributed by atoms with Crippen LogP contribution >= 0.6 is 11.6 Å². The van der Waals surface area contributed by atoms with Crippen LogP contribution in [-0.4, -0.2) is 19.0 Å². The van der Waals surface area contributed by atoms with Crippen LogP contribution in [0.3, 0.4) is 0 Å². The van der Waals surface area contributed by atoms with E-state index in [1.165, 1.54) is 0 Å². The van der Waals surface area contributed by atoms with Crippen LogP contribution in [0.15, 0.2) is 54.6 Å². The first-order chi connectivity index (χ1) is 10.7. The lowest BCUT2D eigenvalue weighted by molar-refractivity contribution is -0.125. The first-order valence-corrected chi connectivity index (χ1v) is 7.89. The van der Waals surface area contributed by atoms with Gasteiger partial charge >= 0.3 is 0 Å². The van der Waals surface area contributed by atoms with Crippen molar-refractivity contribution in [3.63, 3.8) is 0 Å². The minimum atomic E-state index is -0.0371. The summed E-state index contributed by atoms with van der Waals surface area (Å²) in [4.78, 5) is 12.5. The normalized spacial score (nSPS) is 20.8. The van der Waals surface area contributed by atoms with Gasteiger partial charge in [0, 0.05) is 30.6 Å². The van der Waals surface area contributed by atoms with Crippen molar-refractivity contribution >= 4 is 17.5 Å². The minimum absolute atomic E-state index is 0.0371. The van der Waals surface area contributed by atoms with E-state index < -0.39 is 0 Å². The number of hydrogen-bond donors (Lipinski definition) is 2. The zero-order valence-electron chi connectivity index (χ0n) is 12.3. The summed E-state index contributed by atoms with van der Waals surface area (Å²) in [6.07, 6.45) is 0. The summed E-state index contributed by atoms with van der Waals surface area (Å²) >= 11 is 5.94. The molecule has 0 saturated carbocycles. The lowest BCUT2D eigenvalue weighted by Crippen LogP contribution is -2.34. The molecule has 1 amide bonds. The van der Waals surface area contributed by atoms with Crippen molar-refractivity contribution in [2.45, 2.75) is 12.5 Å². The Kier molecular flexibility index (Phi) is 4.76. The number of carbonyl (C=O) groups excluding carboxylic acids is 1. The molecule has 3 nitrogen and oxygen atoms in total. The van der Waals surface area contributed by atoms with Gasteiger partial charge in [0.05, 0.1) is 5.92 Å². The van der Waals surface area contributed by atoms with Crippen LogP contribution in [0.2, 0.25) is 5.02 Å². The van der Waals surface area contributed by atoms with Crippen LogP contribution in [0.4, 0.5) is 0 Å². The maximum Gasteiger partial charge on any atom is 0.225 e. The molecule has 1 aliphatic heterocycles. The lowest BCUT2D eigenvalue weighted by Gasteiger charge is -2.18. The second-order valence-electron chi connectivity index (χ2n) is 5.63. The molecule has 114 valence electrons. The van der Waals surface area contributed by atoms with Gasteiger partial charge in [0.25, 0.3) is 0 Å². The van der Waals surface area contributed by atoms with Gasteiger partial charge in [-0.1, -0.05) is 54.1 Å². The summed E-state index contributed by atoms with van der Waals surface area (Å²) in [5.41, 5.74) is 2.28. The molecule has 2 aromatic carbocycles. The molecule has 0 bridgehead atoms. The molecule has 2 aromatic rings. The van der Waals surface area contributed by atoms with Gasteiger partial charge in [0.2, 0.25) is 5.91 Å². The second kappa shape index (κ2) is 6.95. The van der Waals surface area contributed by atoms with Crippen LogP contribution in [0.1, 0.15) is 17.0 Å². The fourth-order valence-electron chi connectivity index (χ4n) is 2.93. The summed E-state index contributed by atoms with van der Waals surface area (Å²) in [6, 6.07) is 17.8. The van der Waals surface area contributed by atoms with Gasteiger partial charge < -0.3 is 10.6 Å². The zero-order chi connectivity index (χ0) is 15.4. The molecule has 0 aromatic heterocycles. The first-order valence-electron chi connectivity index (χ1n) is 7.52. The van der Waals surface area contributed by atoms with E-state index in [0.29, 0.717) is 13.1 Å². The Morgan fingerprint density at radius 2 is 1.82 bits per heavy atom. The SMILES string of the molecule is O=C(NCc1ccccc1)C1CNCC1c1ccc(Cl)cc1. The average molecular weight is 315 g/mol. The van der Waals surface area contributed by atoms with Crippen molar-refractivity contribution in [2.75, 3.05) is 13.1 Å². The molecule has 0 spiro atoms. The van der Waals surface area contributed by atoms with E-state index in [9.17, 15) is 4.79 Å². The molecule has 0 radical (unpaired) electrons. The fraction of sp³-hybridized carbons (Fsp3) is 0.278. The number of rotatable bonds is 4. The predicted molar refractivity (Wildman–Crippen MR) is 88.8 cm³/mol. The van der Waals surface area contributed by atoms with Crippen LogP contribution in [0, 0.1) is 5.92 Å². The highest BCUT2D eigenvalue weighted by Gasteiger charge is 2.33. The Labute approximate surface area is 135 Å². The highest BCUT2D eigenvalue weighted by molar-refractivity contribution is 6.30. The Balaban J connectivity index is 1.65. The van der Waals surface area contributed by atoms with E-state index >= 15 is 0 Å². The summed E-state index contributed by atoms with van der Waals surface area (Å²) in [5.74, 6) is 0.270. The summed E-state index contributed by atoms with van der Waals surface area (Å²) in [7, 11) is 0. The minimum Gasteiger partial charge on any atom is -0.352 e. The molecular formula is C18H19ClN2O. The maximum absolute atomic E-state index is 12.5. The molecule has 2 unspecified atom stereocenters. The topological polar surface area (TPSA) is 41.1 Å². The molecule has 4 heteroatoms. The Hall–Kier alpha value is -1.84. The number of hydrogen-bond acceptors (Lipinski definition) is 2. The number of halogens is 1. The average Bonchev–Trinajstić information content (AvgIpc) is 3.04. The third kappa shape index (κ3) is 3.49. The van der Waals surface area contributed by atoms with E-state index in [1.54, 1.807) is 0 Å². The largest absolute Gasteiger partial charge is 0.352 e. The summed E-state index contributed by atoms with van der Waals surface area (Å²) in [5, 5.41) is 7.09. The molecule has 2 atom stereocenters. The van der Waals surface area contributed by atoms with Crippen LogP contribution in [0.5, 0.6) is 0 Å². The van der Waals surface area contributed by atoms with Crippen LogP contribution in [0.25, 0.3) is 0 Å². The molecule has 22 heavy (non-hydrogen) atoms. The van der Waals surface area contributed by atoms with Gasteiger partial charge in [0.15, 0.2) is 0 Å². The first kappa shape index (κ1) is 15.1. The Morgan fingerprint density at radius 1 is 1.09 bits per heavy atom. The van der Waals surface area contributed by atoms with Gasteiger partial charge in [-0.05, 0) is 23.3 Å². The lowest BCUT2D eigenvalue weighted by atomic mass is 9.88. The quantitative estimate of drug-likeness (QED) is 0.911. The number of nitrogens with one attached hydrogen (secondary N) is 2. The molecule has 1 aliphatic rings. The van der Waals surface area contributed by atoms with Crippen molar-refractivity contribution in [3.8, 4) is 0 Å². The molecular weight excluding hydrogens is 296 g/mol. The van der Waals surface area contributed by atoms with Gasteiger partial charge in [-0.2, -0.15) is 0 Å². The van der Waals surface area contributed by atoms with E-state index in [-0.39, 0.29) is 17.7 Å². The van der Waals surface area contributed by atoms with Crippen molar-refractivity contribution in [2.24, 2.45) is 5.92 Å². The molecule has 1 saturated heterocycles. The monoisotopic (exact) mass is 314 g/mol. The predicted octanol–water partition coefficient (Wildman–Crippen LogP) is 2.96. The van der Waals surface area contributed by atoms with Crippen molar-refractivity contribution < 1.29 is 4.79 Å². The van der Waals surface area contributed by atoms with Crippen LogP contribution in [-0.2, 0) is 11.3 Å². The highest BCUT2D eigenvalue weighted by atomic mass is 35.5. The number of amides is 1. The van der Waals surface area contributed by atoms with Gasteiger partial charge in [-0.25, -0.2) is 0 Å². The summed E-state index contributed by atoms with van der Waals surface area (Å²) < 4.78 is 0.